The Labute approximate surface area is 436 Å². The van der Waals surface area contributed by atoms with E-state index in [1.165, 1.54) is 0 Å². The van der Waals surface area contributed by atoms with Gasteiger partial charge in [0.05, 0.1) is 16.4 Å². The molecule has 0 aliphatic rings. The Morgan fingerprint density at radius 2 is 0.736 bits per heavy atom. The van der Waals surface area contributed by atoms with Crippen molar-refractivity contribution in [2.24, 2.45) is 0 Å². The Bertz CT molecular complexity index is 4560. The van der Waals surface area contributed by atoms with Crippen molar-refractivity contribution in [3.05, 3.63) is 241 Å². The van der Waals surface area contributed by atoms with Crippen LogP contribution in [0.4, 0.5) is 34.1 Å². The van der Waals surface area contributed by atoms with Crippen LogP contribution < -0.4 is 9.80 Å². The summed E-state index contributed by atoms with van der Waals surface area (Å²) in [7, 11) is 0. The van der Waals surface area contributed by atoms with Gasteiger partial charge in [0.2, 0.25) is 0 Å². The van der Waals surface area contributed by atoms with E-state index < -0.39 is 48.3 Å². The predicted octanol–water partition coefficient (Wildman–Crippen LogP) is 20.3. The molecule has 0 aliphatic carbocycles. The van der Waals surface area contributed by atoms with Crippen LogP contribution in [0.25, 0.3) is 87.7 Å². The third kappa shape index (κ3) is 7.64. The van der Waals surface area contributed by atoms with E-state index in [9.17, 15) is 16.4 Å². The zero-order valence-corrected chi connectivity index (χ0v) is 39.9. The molecule has 0 saturated heterocycles. The summed E-state index contributed by atoms with van der Waals surface area (Å²) in [5.41, 5.74) is 7.32. The molecule has 4 heteroatoms. The van der Waals surface area contributed by atoms with Gasteiger partial charge in [-0.3, -0.25) is 0 Å². The van der Waals surface area contributed by atoms with Crippen LogP contribution in [0.3, 0.4) is 0 Å². The van der Waals surface area contributed by atoms with Crippen LogP contribution in [-0.4, -0.2) is 0 Å². The lowest BCUT2D eigenvalue weighted by Crippen LogP contribution is -2.10. The van der Waals surface area contributed by atoms with Crippen molar-refractivity contribution >= 4 is 99.5 Å². The summed E-state index contributed by atoms with van der Waals surface area (Å²) in [5, 5.41) is -1.16. The van der Waals surface area contributed by atoms with Crippen LogP contribution in [0, 0.1) is 0 Å². The Morgan fingerprint density at radius 3 is 1.14 bits per heavy atom. The maximum atomic E-state index is 9.96. The Kier molecular flexibility index (Phi) is 7.81. The summed E-state index contributed by atoms with van der Waals surface area (Å²) < 4.78 is 130. The fourth-order valence-electron chi connectivity index (χ4n) is 9.56. The molecule has 0 saturated carbocycles. The molecule has 13 rings (SSSR count). The van der Waals surface area contributed by atoms with Gasteiger partial charge in [-0.25, -0.2) is 0 Å². The highest BCUT2D eigenvalue weighted by molar-refractivity contribution is 6.21. The molecule has 0 radical (unpaired) electrons. The zero-order valence-electron chi connectivity index (χ0n) is 51.9. The smallest absolute Gasteiger partial charge is 0.178 e. The van der Waals surface area contributed by atoms with Crippen molar-refractivity contribution in [2.75, 3.05) is 9.80 Å². The van der Waals surface area contributed by atoms with Crippen molar-refractivity contribution in [3.8, 4) is 22.3 Å². The second-order valence-corrected chi connectivity index (χ2v) is 18.7. The molecular formula is C68H52N2O2. The quantitative estimate of drug-likeness (QED) is 0.137. The number of hydrogen-bond donors (Lipinski definition) is 0. The van der Waals surface area contributed by atoms with E-state index in [2.05, 4.69) is 27.7 Å². The largest absolute Gasteiger partial charge is 0.452 e. The zero-order chi connectivity index (χ0) is 58.9. The standard InChI is InChI=1S/C68H52N2O2/c1-43(2)49-17-11-19-57(35-49)69(55-27-21-47(22-28-55)45-13-7-5-8-14-45)59-31-25-51-39-63-61-33-34-62-64-40-52-26-32-60(38-54(52)42-66(64)72-68(62)67(61)71-65(63)41-53(51)37-59)70(58-20-12-18-50(36-58)44(3)4)56-29-23-48(24-30-56)46-15-9-6-10-16-46/h5-44H,1-4H3/i25D,26D,31D,32D,33D,34D,37D,38D,39D,40D,41D,42D. The van der Waals surface area contributed by atoms with Crippen LogP contribution in [-0.2, 0) is 0 Å². The Morgan fingerprint density at radius 1 is 0.333 bits per heavy atom. The van der Waals surface area contributed by atoms with Gasteiger partial charge in [-0.2, -0.15) is 0 Å². The highest BCUT2D eigenvalue weighted by atomic mass is 16.4. The van der Waals surface area contributed by atoms with E-state index in [0.29, 0.717) is 22.7 Å². The molecule has 346 valence electrons. The van der Waals surface area contributed by atoms with E-state index >= 15 is 0 Å². The summed E-state index contributed by atoms with van der Waals surface area (Å²) in [6.45, 7) is 8.25. The van der Waals surface area contributed by atoms with E-state index in [0.717, 1.165) is 33.4 Å². The van der Waals surface area contributed by atoms with E-state index in [1.807, 2.05) is 158 Å². The predicted molar refractivity (Wildman–Crippen MR) is 304 cm³/mol. The third-order valence-corrected chi connectivity index (χ3v) is 13.4. The number of nitrogens with zero attached hydrogens (tertiary/aromatic N) is 2. The third-order valence-electron chi connectivity index (χ3n) is 13.4. The fourth-order valence-corrected chi connectivity index (χ4v) is 9.56. The fraction of sp³-hybridized carbons (Fsp3) is 0.0882. The van der Waals surface area contributed by atoms with Crippen LogP contribution >= 0.6 is 0 Å². The minimum Gasteiger partial charge on any atom is -0.452 e. The molecule has 0 bridgehead atoms. The summed E-state index contributed by atoms with van der Waals surface area (Å²) >= 11 is 0. The maximum Gasteiger partial charge on any atom is 0.178 e. The van der Waals surface area contributed by atoms with Gasteiger partial charge in [0.15, 0.2) is 11.2 Å². The highest BCUT2D eigenvalue weighted by Crippen LogP contribution is 2.44. The minimum absolute atomic E-state index is 0.00812. The van der Waals surface area contributed by atoms with Gasteiger partial charge in [0.1, 0.15) is 11.2 Å². The lowest BCUT2D eigenvalue weighted by Gasteiger charge is -2.27. The number of anilines is 6. The summed E-state index contributed by atoms with van der Waals surface area (Å²) in [4.78, 5) is 3.45. The van der Waals surface area contributed by atoms with Crippen LogP contribution in [0.1, 0.15) is 67.1 Å². The molecule has 0 fully saturated rings. The van der Waals surface area contributed by atoms with Crippen LogP contribution in [0.15, 0.2) is 239 Å². The van der Waals surface area contributed by atoms with Crippen LogP contribution in [0.2, 0.25) is 0 Å². The first-order valence-corrected chi connectivity index (χ1v) is 24.2. The lowest BCUT2D eigenvalue weighted by atomic mass is 10.0. The summed E-state index contributed by atoms with van der Waals surface area (Å²) in [6.07, 6.45) is 0. The SMILES string of the molecule is [2H]c1c(N(c2ccc(-c3ccccc3)cc2)c2cccc(C(C)C)c2)c([2H])c2c([2H])c3oc4c5oc6c([2H])c7c([2H])c(N(c8ccc(-c9ccccc9)cc8)c8cccc(C(C)C)c8)c([2H])c([2H])c7c([2H])c6c5c([2H])c([2H])c4c3c([2H])c2c1[2H]. The van der Waals surface area contributed by atoms with Crippen molar-refractivity contribution in [1.82, 2.24) is 0 Å². The molecule has 0 amide bonds. The van der Waals surface area contributed by atoms with Gasteiger partial charge in [0, 0.05) is 55.7 Å². The monoisotopic (exact) mass is 940 g/mol. The molecule has 2 heterocycles. The van der Waals surface area contributed by atoms with E-state index in [4.69, 9.17) is 8.83 Å². The molecule has 11 aromatic carbocycles. The maximum absolute atomic E-state index is 9.96. The Balaban J connectivity index is 1.04. The number of fused-ring (bicyclic) bond motifs is 9. The average molecular weight is 941 g/mol. The highest BCUT2D eigenvalue weighted by Gasteiger charge is 2.21. The first-order valence-electron chi connectivity index (χ1n) is 30.2. The molecule has 4 nitrogen and oxygen atoms in total. The lowest BCUT2D eigenvalue weighted by molar-refractivity contribution is 0.634. The number of rotatable bonds is 10. The van der Waals surface area contributed by atoms with Crippen molar-refractivity contribution < 1.29 is 25.3 Å². The first-order chi connectivity index (χ1) is 40.4. The van der Waals surface area contributed by atoms with E-state index in [-0.39, 0.29) is 113 Å². The molecule has 0 N–H and O–H groups in total. The minimum atomic E-state index is -0.478. The molecular weight excluding hydrogens is 877 g/mol. The summed E-state index contributed by atoms with van der Waals surface area (Å²) in [6, 6.07) is 45.6. The molecule has 0 spiro atoms. The average Bonchev–Trinajstić information content (AvgIpc) is 1.55. The van der Waals surface area contributed by atoms with Crippen molar-refractivity contribution in [3.63, 3.8) is 0 Å². The van der Waals surface area contributed by atoms with Gasteiger partial charge < -0.3 is 18.6 Å². The molecule has 0 unspecified atom stereocenters. The normalized spacial score (nSPS) is 14.2. The molecule has 72 heavy (non-hydrogen) atoms. The Hall–Kier alpha value is -8.86. The number of benzene rings is 11. The van der Waals surface area contributed by atoms with Crippen molar-refractivity contribution in [2.45, 2.75) is 39.5 Å². The van der Waals surface area contributed by atoms with Crippen molar-refractivity contribution in [1.29, 1.82) is 0 Å². The van der Waals surface area contributed by atoms with Gasteiger partial charge >= 0.3 is 0 Å². The van der Waals surface area contributed by atoms with Crippen LogP contribution in [0.5, 0.6) is 0 Å². The number of hydrogen-bond acceptors (Lipinski definition) is 4. The number of furan rings is 2. The molecule has 2 aromatic heterocycles. The second-order valence-electron chi connectivity index (χ2n) is 18.7. The second kappa shape index (κ2) is 17.5. The van der Waals surface area contributed by atoms with Gasteiger partial charge in [-0.15, -0.1) is 0 Å². The van der Waals surface area contributed by atoms with Gasteiger partial charge in [-0.1, -0.05) is 149 Å². The topological polar surface area (TPSA) is 32.8 Å². The van der Waals surface area contributed by atoms with Gasteiger partial charge in [-0.05, 0) is 176 Å². The first kappa shape index (κ1) is 32.1. The van der Waals surface area contributed by atoms with Gasteiger partial charge in [0.25, 0.3) is 0 Å². The summed E-state index contributed by atoms with van der Waals surface area (Å²) in [5.74, 6) is 0.242. The molecule has 13 aromatic rings. The molecule has 0 atom stereocenters. The molecule has 0 aliphatic heterocycles. The van der Waals surface area contributed by atoms with E-state index in [1.54, 1.807) is 9.80 Å².